The molecule has 0 bridgehead atoms. The van der Waals surface area contributed by atoms with E-state index in [1.54, 1.807) is 14.0 Å². The first-order valence-electron chi connectivity index (χ1n) is 8.53. The third-order valence-electron chi connectivity index (χ3n) is 4.39. The minimum atomic E-state index is -0.710. The molecule has 0 spiro atoms. The number of nitro groups is 1. The smallest absolute Gasteiger partial charge is 0.338 e. The average molecular weight is 361 g/mol. The Labute approximate surface area is 152 Å². The topological polar surface area (TPSA) is 102 Å². The average Bonchev–Trinajstić information content (AvgIpc) is 2.63. The van der Waals surface area contributed by atoms with Crippen LogP contribution in [0.2, 0.25) is 0 Å². The second-order valence-electron chi connectivity index (χ2n) is 6.13. The lowest BCUT2D eigenvalue weighted by molar-refractivity contribution is -0.384. The largest absolute Gasteiger partial charge is 0.462 e. The van der Waals surface area contributed by atoms with Crippen LogP contribution in [0.4, 0.5) is 10.5 Å². The van der Waals surface area contributed by atoms with Crippen LogP contribution in [0, 0.1) is 10.1 Å². The molecule has 1 unspecified atom stereocenters. The second kappa shape index (κ2) is 8.46. The lowest BCUT2D eigenvalue weighted by Crippen LogP contribution is -2.46. The Morgan fingerprint density at radius 2 is 1.96 bits per heavy atom. The summed E-state index contributed by atoms with van der Waals surface area (Å²) < 4.78 is 5.37. The number of benzene rings is 1. The molecular weight excluding hydrogens is 338 g/mol. The molecule has 26 heavy (non-hydrogen) atoms. The van der Waals surface area contributed by atoms with Crippen molar-refractivity contribution in [2.45, 2.75) is 39.2 Å². The van der Waals surface area contributed by atoms with E-state index in [-0.39, 0.29) is 11.7 Å². The highest BCUT2D eigenvalue weighted by Crippen LogP contribution is 2.31. The van der Waals surface area contributed by atoms with Gasteiger partial charge in [0.2, 0.25) is 0 Å². The molecule has 1 atom stereocenters. The molecule has 1 N–H and O–H groups in total. The number of ether oxygens (including phenoxy) is 1. The zero-order valence-corrected chi connectivity index (χ0v) is 15.2. The molecule has 0 radical (unpaired) electrons. The summed E-state index contributed by atoms with van der Waals surface area (Å²) in [5, 5.41) is 13.6. The molecule has 1 aliphatic rings. The number of rotatable bonds is 7. The molecule has 1 aromatic carbocycles. The highest BCUT2D eigenvalue weighted by Gasteiger charge is 2.35. The van der Waals surface area contributed by atoms with Crippen molar-refractivity contribution in [2.75, 3.05) is 13.7 Å². The normalized spacial score (nSPS) is 17.1. The summed E-state index contributed by atoms with van der Waals surface area (Å²) in [6.45, 7) is 4.05. The number of unbranched alkanes of at least 4 members (excludes halogenated alkanes) is 2. The predicted octanol–water partition coefficient (Wildman–Crippen LogP) is 3.30. The van der Waals surface area contributed by atoms with Crippen LogP contribution in [0.5, 0.6) is 0 Å². The summed E-state index contributed by atoms with van der Waals surface area (Å²) in [6.07, 6.45) is 2.76. The first-order valence-corrected chi connectivity index (χ1v) is 8.53. The van der Waals surface area contributed by atoms with E-state index in [4.69, 9.17) is 4.74 Å². The van der Waals surface area contributed by atoms with Crippen LogP contribution in [0.1, 0.15) is 44.7 Å². The number of nitrogens with one attached hydrogen (secondary N) is 1. The lowest BCUT2D eigenvalue weighted by atomic mass is 9.95. The SMILES string of the molecule is CCCCCOC(=O)C1=C(C)N(C)C(=O)NC1c1ccc([N+](=O)[O-])cc1. The minimum absolute atomic E-state index is 0.0580. The van der Waals surface area contributed by atoms with Gasteiger partial charge in [0.05, 0.1) is 23.1 Å². The lowest BCUT2D eigenvalue weighted by Gasteiger charge is -2.33. The highest BCUT2D eigenvalue weighted by atomic mass is 16.6. The molecule has 140 valence electrons. The van der Waals surface area contributed by atoms with E-state index in [0.717, 1.165) is 19.3 Å². The number of allylic oxidation sites excluding steroid dienone is 1. The molecule has 0 aliphatic carbocycles. The Morgan fingerprint density at radius 1 is 1.31 bits per heavy atom. The molecule has 2 rings (SSSR count). The fraction of sp³-hybridized carbons (Fsp3) is 0.444. The van der Waals surface area contributed by atoms with Crippen LogP contribution in [0.3, 0.4) is 0 Å². The van der Waals surface area contributed by atoms with E-state index in [9.17, 15) is 19.7 Å². The van der Waals surface area contributed by atoms with Gasteiger partial charge in [-0.1, -0.05) is 19.8 Å². The van der Waals surface area contributed by atoms with Gasteiger partial charge in [0.15, 0.2) is 0 Å². The molecule has 2 amide bonds. The molecular formula is C18H23N3O5. The summed E-state index contributed by atoms with van der Waals surface area (Å²) in [7, 11) is 1.57. The van der Waals surface area contributed by atoms with Gasteiger partial charge in [-0.05, 0) is 31.0 Å². The van der Waals surface area contributed by atoms with Crippen LogP contribution < -0.4 is 5.32 Å². The van der Waals surface area contributed by atoms with Gasteiger partial charge < -0.3 is 15.0 Å². The van der Waals surface area contributed by atoms with Gasteiger partial charge in [0.25, 0.3) is 5.69 Å². The second-order valence-corrected chi connectivity index (χ2v) is 6.13. The van der Waals surface area contributed by atoms with Crippen molar-refractivity contribution >= 4 is 17.7 Å². The standard InChI is InChI=1S/C18H23N3O5/c1-4-5-6-11-26-17(22)15-12(2)20(3)18(23)19-16(15)13-7-9-14(10-8-13)21(24)25/h7-10,16H,4-6,11H2,1-3H3,(H,19,23). The van der Waals surface area contributed by atoms with Gasteiger partial charge in [-0.3, -0.25) is 10.1 Å². The van der Waals surface area contributed by atoms with Crippen LogP contribution in [-0.4, -0.2) is 35.5 Å². The summed E-state index contributed by atoms with van der Waals surface area (Å²) in [5.74, 6) is -0.492. The summed E-state index contributed by atoms with van der Waals surface area (Å²) in [4.78, 5) is 36.4. The molecule has 1 heterocycles. The van der Waals surface area contributed by atoms with Crippen molar-refractivity contribution in [3.05, 3.63) is 51.2 Å². The van der Waals surface area contributed by atoms with Gasteiger partial charge >= 0.3 is 12.0 Å². The Bertz CT molecular complexity index is 727. The Hall–Kier alpha value is -2.90. The number of esters is 1. The van der Waals surface area contributed by atoms with Gasteiger partial charge in [-0.25, -0.2) is 9.59 Å². The Kier molecular flexibility index (Phi) is 6.32. The molecule has 1 aromatic rings. The minimum Gasteiger partial charge on any atom is -0.462 e. The first-order chi connectivity index (χ1) is 12.4. The Morgan fingerprint density at radius 3 is 2.54 bits per heavy atom. The number of urea groups is 1. The van der Waals surface area contributed by atoms with Gasteiger partial charge in [-0.15, -0.1) is 0 Å². The molecule has 0 fully saturated rings. The first kappa shape index (κ1) is 19.4. The number of hydrogen-bond acceptors (Lipinski definition) is 5. The molecule has 0 saturated carbocycles. The molecule has 1 aliphatic heterocycles. The maximum Gasteiger partial charge on any atom is 0.338 e. The molecule has 0 aromatic heterocycles. The van der Waals surface area contributed by atoms with Crippen LogP contribution >= 0.6 is 0 Å². The fourth-order valence-corrected chi connectivity index (χ4v) is 2.73. The summed E-state index contributed by atoms with van der Waals surface area (Å²) >= 11 is 0. The predicted molar refractivity (Wildman–Crippen MR) is 95.3 cm³/mol. The van der Waals surface area contributed by atoms with Gasteiger partial charge in [-0.2, -0.15) is 0 Å². The Balaban J connectivity index is 2.30. The third kappa shape index (κ3) is 4.19. The van der Waals surface area contributed by atoms with Crippen LogP contribution in [0.25, 0.3) is 0 Å². The van der Waals surface area contributed by atoms with E-state index in [1.807, 2.05) is 0 Å². The maximum absolute atomic E-state index is 12.6. The number of amides is 2. The number of carbonyl (C=O) groups is 2. The summed E-state index contributed by atoms with van der Waals surface area (Å²) in [5.41, 5.74) is 1.35. The zero-order valence-electron chi connectivity index (χ0n) is 15.2. The van der Waals surface area contributed by atoms with Crippen LogP contribution in [-0.2, 0) is 9.53 Å². The van der Waals surface area contributed by atoms with E-state index in [1.165, 1.54) is 29.2 Å². The van der Waals surface area contributed by atoms with Crippen molar-refractivity contribution in [1.82, 2.24) is 10.2 Å². The van der Waals surface area contributed by atoms with Crippen LogP contribution in [0.15, 0.2) is 35.5 Å². The monoisotopic (exact) mass is 361 g/mol. The number of nitro benzene ring substituents is 1. The fourth-order valence-electron chi connectivity index (χ4n) is 2.73. The molecule has 8 nitrogen and oxygen atoms in total. The van der Waals surface area contributed by atoms with Crippen molar-refractivity contribution < 1.29 is 19.2 Å². The number of hydrogen-bond donors (Lipinski definition) is 1. The molecule has 0 saturated heterocycles. The number of carbonyl (C=O) groups excluding carboxylic acids is 2. The third-order valence-corrected chi connectivity index (χ3v) is 4.39. The van der Waals surface area contributed by atoms with Crippen molar-refractivity contribution in [2.24, 2.45) is 0 Å². The van der Waals surface area contributed by atoms with Crippen molar-refractivity contribution in [3.8, 4) is 0 Å². The zero-order chi connectivity index (χ0) is 19.3. The van der Waals surface area contributed by atoms with Gasteiger partial charge in [0, 0.05) is 24.9 Å². The van der Waals surface area contributed by atoms with E-state index in [2.05, 4.69) is 12.2 Å². The van der Waals surface area contributed by atoms with Crippen molar-refractivity contribution in [3.63, 3.8) is 0 Å². The number of non-ortho nitro benzene ring substituents is 1. The summed E-state index contributed by atoms with van der Waals surface area (Å²) in [6, 6.07) is 4.70. The highest BCUT2D eigenvalue weighted by molar-refractivity contribution is 5.95. The van der Waals surface area contributed by atoms with Crippen molar-refractivity contribution in [1.29, 1.82) is 0 Å². The van der Waals surface area contributed by atoms with E-state index < -0.39 is 16.9 Å². The van der Waals surface area contributed by atoms with E-state index >= 15 is 0 Å². The maximum atomic E-state index is 12.6. The molecule has 8 heteroatoms. The van der Waals surface area contributed by atoms with Gasteiger partial charge in [0.1, 0.15) is 0 Å². The number of nitrogens with zero attached hydrogens (tertiary/aromatic N) is 2. The van der Waals surface area contributed by atoms with E-state index in [0.29, 0.717) is 23.4 Å². The quantitative estimate of drug-likeness (QED) is 0.347.